The normalized spacial score (nSPS) is 19.8. The van der Waals surface area contributed by atoms with Gasteiger partial charge in [0.25, 0.3) is 0 Å². The average molecular weight is 130 g/mol. The standard InChI is InChI=1S/C3H10N6/c1-8-2(4)3(5)9(6)7-8/h7H,4-6H2,1H3. The Morgan fingerprint density at radius 2 is 1.89 bits per heavy atom. The van der Waals surface area contributed by atoms with Crippen LogP contribution in [0.1, 0.15) is 0 Å². The number of hydrogen-bond acceptors (Lipinski definition) is 6. The van der Waals surface area contributed by atoms with Crippen LogP contribution in [-0.2, 0) is 0 Å². The van der Waals surface area contributed by atoms with Crippen LogP contribution in [0.25, 0.3) is 0 Å². The van der Waals surface area contributed by atoms with Crippen molar-refractivity contribution in [2.45, 2.75) is 0 Å². The second-order valence-corrected chi connectivity index (χ2v) is 1.80. The van der Waals surface area contributed by atoms with Crippen LogP contribution < -0.4 is 22.8 Å². The molecule has 1 heterocycles. The van der Waals surface area contributed by atoms with Crippen molar-refractivity contribution in [2.24, 2.45) is 17.3 Å². The molecule has 0 spiro atoms. The number of rotatable bonds is 0. The van der Waals surface area contributed by atoms with Gasteiger partial charge in [-0.3, -0.25) is 5.01 Å². The molecule has 1 rings (SSSR count). The zero-order chi connectivity index (χ0) is 7.02. The van der Waals surface area contributed by atoms with Crippen molar-refractivity contribution in [3.05, 3.63) is 11.6 Å². The first-order valence-corrected chi connectivity index (χ1v) is 2.43. The Morgan fingerprint density at radius 3 is 2.00 bits per heavy atom. The highest BCUT2D eigenvalue weighted by Crippen LogP contribution is 2.02. The van der Waals surface area contributed by atoms with E-state index in [0.29, 0.717) is 11.6 Å². The first kappa shape index (κ1) is 5.99. The summed E-state index contributed by atoms with van der Waals surface area (Å²) in [5.41, 5.74) is 13.4. The van der Waals surface area contributed by atoms with Gasteiger partial charge in [0.1, 0.15) is 0 Å². The molecule has 0 saturated carbocycles. The van der Waals surface area contributed by atoms with E-state index in [2.05, 4.69) is 5.53 Å². The monoisotopic (exact) mass is 130 g/mol. The van der Waals surface area contributed by atoms with Crippen LogP contribution in [0.5, 0.6) is 0 Å². The molecule has 0 saturated heterocycles. The van der Waals surface area contributed by atoms with Gasteiger partial charge in [0.05, 0.1) is 0 Å². The molecule has 9 heavy (non-hydrogen) atoms. The quantitative estimate of drug-likeness (QED) is 0.272. The molecule has 0 atom stereocenters. The number of nitrogens with one attached hydrogen (secondary N) is 1. The van der Waals surface area contributed by atoms with Crippen LogP contribution in [0.2, 0.25) is 0 Å². The summed E-state index contributed by atoms with van der Waals surface area (Å²) in [6.45, 7) is 0. The van der Waals surface area contributed by atoms with Crippen LogP contribution in [0.3, 0.4) is 0 Å². The molecule has 6 nitrogen and oxygen atoms in total. The minimum Gasteiger partial charge on any atom is -0.381 e. The molecule has 1 aliphatic rings. The van der Waals surface area contributed by atoms with Crippen molar-refractivity contribution in [3.63, 3.8) is 0 Å². The lowest BCUT2D eigenvalue weighted by Crippen LogP contribution is -2.45. The Balaban J connectivity index is 2.79. The molecular weight excluding hydrogens is 120 g/mol. The largest absolute Gasteiger partial charge is 0.381 e. The molecule has 0 aliphatic carbocycles. The van der Waals surface area contributed by atoms with Gasteiger partial charge in [-0.05, 0) is 0 Å². The number of hydrazine groups is 3. The summed E-state index contributed by atoms with van der Waals surface area (Å²) in [6, 6.07) is 0. The second-order valence-electron chi connectivity index (χ2n) is 1.80. The van der Waals surface area contributed by atoms with Gasteiger partial charge >= 0.3 is 0 Å². The molecule has 0 radical (unpaired) electrons. The predicted molar refractivity (Wildman–Crippen MR) is 32.3 cm³/mol. The Morgan fingerprint density at radius 1 is 1.33 bits per heavy atom. The summed E-state index contributed by atoms with van der Waals surface area (Å²) in [5, 5.41) is 2.67. The van der Waals surface area contributed by atoms with E-state index in [1.54, 1.807) is 7.05 Å². The summed E-state index contributed by atoms with van der Waals surface area (Å²) >= 11 is 0. The summed E-state index contributed by atoms with van der Waals surface area (Å²) < 4.78 is 0. The fraction of sp³-hybridized carbons (Fsp3) is 0.333. The van der Waals surface area contributed by atoms with E-state index in [-0.39, 0.29) is 0 Å². The maximum Gasteiger partial charge on any atom is 0.173 e. The van der Waals surface area contributed by atoms with Crippen LogP contribution in [0.15, 0.2) is 11.6 Å². The number of hydrogen-bond donors (Lipinski definition) is 4. The van der Waals surface area contributed by atoms with Crippen molar-refractivity contribution in [2.75, 3.05) is 7.05 Å². The van der Waals surface area contributed by atoms with Crippen LogP contribution in [0, 0.1) is 0 Å². The molecule has 6 heteroatoms. The van der Waals surface area contributed by atoms with Crippen molar-refractivity contribution in [1.82, 2.24) is 15.7 Å². The summed E-state index contributed by atoms with van der Waals surface area (Å²) in [6.07, 6.45) is 0. The lowest BCUT2D eigenvalue weighted by molar-refractivity contribution is 0.146. The van der Waals surface area contributed by atoms with Gasteiger partial charge in [-0.2, -0.15) is 0 Å². The van der Waals surface area contributed by atoms with Gasteiger partial charge in [-0.25, -0.2) is 11.0 Å². The topological polar surface area (TPSA) is 96.6 Å². The first-order valence-electron chi connectivity index (χ1n) is 2.43. The molecule has 0 aromatic heterocycles. The fourth-order valence-corrected chi connectivity index (χ4v) is 0.565. The van der Waals surface area contributed by atoms with Gasteiger partial charge in [-0.15, -0.1) is 5.53 Å². The maximum absolute atomic E-state index is 5.41. The Bertz CT molecular complexity index is 134. The minimum atomic E-state index is 0.331. The molecule has 0 aromatic rings. The van der Waals surface area contributed by atoms with Gasteiger partial charge in [0.2, 0.25) is 0 Å². The van der Waals surface area contributed by atoms with Crippen LogP contribution in [-0.4, -0.2) is 17.2 Å². The van der Waals surface area contributed by atoms with Crippen molar-refractivity contribution in [3.8, 4) is 0 Å². The maximum atomic E-state index is 5.41. The highest BCUT2D eigenvalue weighted by atomic mass is 15.9. The second kappa shape index (κ2) is 1.67. The lowest BCUT2D eigenvalue weighted by atomic mass is 10.7. The van der Waals surface area contributed by atoms with Crippen molar-refractivity contribution in [1.29, 1.82) is 0 Å². The third kappa shape index (κ3) is 0.734. The number of nitrogens with zero attached hydrogens (tertiary/aromatic N) is 2. The summed E-state index contributed by atoms with van der Waals surface area (Å²) in [5.74, 6) is 6.04. The Hall–Kier alpha value is -1.14. The smallest absolute Gasteiger partial charge is 0.173 e. The van der Waals surface area contributed by atoms with E-state index >= 15 is 0 Å². The van der Waals surface area contributed by atoms with Crippen molar-refractivity contribution < 1.29 is 0 Å². The lowest BCUT2D eigenvalue weighted by Gasteiger charge is -2.14. The van der Waals surface area contributed by atoms with Crippen molar-refractivity contribution >= 4 is 0 Å². The van der Waals surface area contributed by atoms with Crippen LogP contribution >= 0.6 is 0 Å². The number of nitrogens with two attached hydrogens (primary N) is 3. The van der Waals surface area contributed by atoms with E-state index in [4.69, 9.17) is 17.3 Å². The predicted octanol–water partition coefficient (Wildman–Crippen LogP) is -2.43. The molecule has 0 unspecified atom stereocenters. The Labute approximate surface area is 52.8 Å². The Kier molecular flexibility index (Phi) is 1.11. The first-order chi connectivity index (χ1) is 4.13. The summed E-state index contributed by atoms with van der Waals surface area (Å²) in [7, 11) is 1.72. The average Bonchev–Trinajstić information content (AvgIpc) is 1.98. The van der Waals surface area contributed by atoms with Gasteiger partial charge < -0.3 is 11.5 Å². The molecule has 0 fully saturated rings. The van der Waals surface area contributed by atoms with E-state index in [9.17, 15) is 0 Å². The molecule has 0 amide bonds. The van der Waals surface area contributed by atoms with Crippen LogP contribution in [0.4, 0.5) is 0 Å². The van der Waals surface area contributed by atoms with Gasteiger partial charge in [-0.1, -0.05) is 0 Å². The van der Waals surface area contributed by atoms with E-state index in [1.165, 1.54) is 5.01 Å². The van der Waals surface area contributed by atoms with Gasteiger partial charge in [0, 0.05) is 7.05 Å². The van der Waals surface area contributed by atoms with Gasteiger partial charge in [0.15, 0.2) is 11.6 Å². The molecule has 1 aliphatic heterocycles. The SMILES string of the molecule is CN1NN(N)C(N)=C1N. The minimum absolute atomic E-state index is 0.331. The third-order valence-corrected chi connectivity index (χ3v) is 1.14. The van der Waals surface area contributed by atoms with E-state index in [0.717, 1.165) is 5.12 Å². The molecule has 0 aromatic carbocycles. The zero-order valence-corrected chi connectivity index (χ0v) is 5.13. The fourth-order valence-electron chi connectivity index (χ4n) is 0.565. The molecular formula is C3H10N6. The zero-order valence-electron chi connectivity index (χ0n) is 5.13. The van der Waals surface area contributed by atoms with E-state index < -0.39 is 0 Å². The summed E-state index contributed by atoms with van der Waals surface area (Å²) in [4.78, 5) is 0. The molecule has 7 N–H and O–H groups in total. The third-order valence-electron chi connectivity index (χ3n) is 1.14. The molecule has 52 valence electrons. The molecule has 0 bridgehead atoms. The van der Waals surface area contributed by atoms with E-state index in [1.807, 2.05) is 0 Å². The highest BCUT2D eigenvalue weighted by molar-refractivity contribution is 5.05. The highest BCUT2D eigenvalue weighted by Gasteiger charge is 2.18.